The van der Waals surface area contributed by atoms with Gasteiger partial charge >= 0.3 is 5.97 Å². The summed E-state index contributed by atoms with van der Waals surface area (Å²) in [5, 5.41) is 6.70. The van der Waals surface area contributed by atoms with E-state index in [4.69, 9.17) is 9.15 Å². The number of anilines is 1. The SMILES string of the molecule is COC(=O)c1cc2cc(NC(=O)[C@H]3NCCO[C@@H]3C)ccc2o1. The Morgan fingerprint density at radius 2 is 2.17 bits per heavy atom. The normalized spacial score (nSPS) is 21.1. The molecule has 0 saturated carbocycles. The third-order valence-electron chi connectivity index (χ3n) is 3.77. The number of hydrogen-bond donors (Lipinski definition) is 2. The predicted octanol–water partition coefficient (Wildman–Crippen LogP) is 1.53. The molecule has 0 aliphatic carbocycles. The Morgan fingerprint density at radius 1 is 1.35 bits per heavy atom. The van der Waals surface area contributed by atoms with Crippen LogP contribution in [0, 0.1) is 0 Å². The number of methoxy groups -OCH3 is 1. The van der Waals surface area contributed by atoms with Crippen LogP contribution < -0.4 is 10.6 Å². The van der Waals surface area contributed by atoms with E-state index >= 15 is 0 Å². The third-order valence-corrected chi connectivity index (χ3v) is 3.77. The van der Waals surface area contributed by atoms with Gasteiger partial charge in [0, 0.05) is 17.6 Å². The van der Waals surface area contributed by atoms with Crippen molar-refractivity contribution >= 4 is 28.5 Å². The van der Waals surface area contributed by atoms with Crippen LogP contribution in [0.4, 0.5) is 5.69 Å². The van der Waals surface area contributed by atoms with Crippen LogP contribution in [-0.4, -0.2) is 44.3 Å². The molecule has 122 valence electrons. The van der Waals surface area contributed by atoms with Crippen molar-refractivity contribution in [3.63, 3.8) is 0 Å². The van der Waals surface area contributed by atoms with Gasteiger partial charge in [0.15, 0.2) is 0 Å². The summed E-state index contributed by atoms with van der Waals surface area (Å²) in [4.78, 5) is 23.8. The van der Waals surface area contributed by atoms with Crippen LogP contribution in [-0.2, 0) is 14.3 Å². The molecule has 2 aromatic rings. The first-order valence-electron chi connectivity index (χ1n) is 7.36. The first-order valence-corrected chi connectivity index (χ1v) is 7.36. The number of carbonyl (C=O) groups is 2. The molecule has 1 aliphatic rings. The van der Waals surface area contributed by atoms with Gasteiger partial charge in [-0.2, -0.15) is 0 Å². The zero-order valence-corrected chi connectivity index (χ0v) is 12.9. The maximum atomic E-state index is 12.3. The summed E-state index contributed by atoms with van der Waals surface area (Å²) in [6.07, 6.45) is -0.188. The Morgan fingerprint density at radius 3 is 2.91 bits per heavy atom. The quantitative estimate of drug-likeness (QED) is 0.834. The number of amides is 1. The van der Waals surface area contributed by atoms with Crippen LogP contribution in [0.15, 0.2) is 28.7 Å². The van der Waals surface area contributed by atoms with Crippen molar-refractivity contribution in [2.45, 2.75) is 19.1 Å². The Hall–Kier alpha value is -2.38. The van der Waals surface area contributed by atoms with Gasteiger partial charge in [0.1, 0.15) is 11.6 Å². The number of esters is 1. The molecule has 1 aromatic carbocycles. The molecule has 0 radical (unpaired) electrons. The Bertz CT molecular complexity index is 739. The molecular formula is C16H18N2O5. The topological polar surface area (TPSA) is 89.8 Å². The van der Waals surface area contributed by atoms with Crippen molar-refractivity contribution in [1.29, 1.82) is 0 Å². The second-order valence-corrected chi connectivity index (χ2v) is 5.35. The Kier molecular flexibility index (Phi) is 4.31. The summed E-state index contributed by atoms with van der Waals surface area (Å²) in [5.74, 6) is -0.570. The zero-order valence-electron chi connectivity index (χ0n) is 12.9. The van der Waals surface area contributed by atoms with Gasteiger partial charge in [-0.1, -0.05) is 0 Å². The molecule has 2 N–H and O–H groups in total. The lowest BCUT2D eigenvalue weighted by atomic mass is 10.1. The molecule has 1 amide bonds. The number of furan rings is 1. The Balaban J connectivity index is 1.77. The average molecular weight is 318 g/mol. The van der Waals surface area contributed by atoms with Gasteiger partial charge in [0.25, 0.3) is 0 Å². The van der Waals surface area contributed by atoms with E-state index in [0.29, 0.717) is 29.8 Å². The molecule has 2 atom stereocenters. The first kappa shape index (κ1) is 15.5. The highest BCUT2D eigenvalue weighted by molar-refractivity contribution is 5.98. The predicted molar refractivity (Wildman–Crippen MR) is 83.4 cm³/mol. The number of carbonyl (C=O) groups excluding carboxylic acids is 2. The molecule has 0 bridgehead atoms. The fourth-order valence-electron chi connectivity index (χ4n) is 2.57. The summed E-state index contributed by atoms with van der Waals surface area (Å²) in [6, 6.07) is 6.36. The molecule has 2 heterocycles. The van der Waals surface area contributed by atoms with Crippen LogP contribution in [0.1, 0.15) is 17.5 Å². The lowest BCUT2D eigenvalue weighted by Gasteiger charge is -2.29. The molecule has 23 heavy (non-hydrogen) atoms. The van der Waals surface area contributed by atoms with E-state index in [9.17, 15) is 9.59 Å². The van der Waals surface area contributed by atoms with E-state index in [-0.39, 0.29) is 17.8 Å². The molecule has 1 fully saturated rings. The lowest BCUT2D eigenvalue weighted by Crippen LogP contribution is -2.53. The molecule has 1 aromatic heterocycles. The molecular weight excluding hydrogens is 300 g/mol. The van der Waals surface area contributed by atoms with E-state index in [0.717, 1.165) is 0 Å². The van der Waals surface area contributed by atoms with Crippen molar-refractivity contribution < 1.29 is 23.5 Å². The number of fused-ring (bicyclic) bond motifs is 1. The van der Waals surface area contributed by atoms with E-state index < -0.39 is 12.0 Å². The number of benzene rings is 1. The smallest absolute Gasteiger partial charge is 0.373 e. The van der Waals surface area contributed by atoms with Gasteiger partial charge in [0.05, 0.1) is 19.8 Å². The maximum Gasteiger partial charge on any atom is 0.373 e. The summed E-state index contributed by atoms with van der Waals surface area (Å²) in [7, 11) is 1.29. The fourth-order valence-corrected chi connectivity index (χ4v) is 2.57. The monoisotopic (exact) mass is 318 g/mol. The number of nitrogens with one attached hydrogen (secondary N) is 2. The molecule has 1 saturated heterocycles. The fraction of sp³-hybridized carbons (Fsp3) is 0.375. The van der Waals surface area contributed by atoms with Crippen molar-refractivity contribution in [3.05, 3.63) is 30.0 Å². The highest BCUT2D eigenvalue weighted by Crippen LogP contribution is 2.24. The third kappa shape index (κ3) is 3.20. The van der Waals surface area contributed by atoms with Crippen LogP contribution >= 0.6 is 0 Å². The lowest BCUT2D eigenvalue weighted by molar-refractivity contribution is -0.123. The minimum absolute atomic E-state index is 0.127. The Labute approximate surface area is 132 Å². The highest BCUT2D eigenvalue weighted by atomic mass is 16.5. The van der Waals surface area contributed by atoms with Crippen LogP contribution in [0.25, 0.3) is 11.0 Å². The van der Waals surface area contributed by atoms with Crippen molar-refractivity contribution in [2.24, 2.45) is 0 Å². The number of ether oxygens (including phenoxy) is 2. The van der Waals surface area contributed by atoms with Gasteiger partial charge in [-0.05, 0) is 31.2 Å². The summed E-state index contributed by atoms with van der Waals surface area (Å²) < 4.78 is 15.5. The molecule has 7 heteroatoms. The van der Waals surface area contributed by atoms with E-state index in [1.807, 2.05) is 6.92 Å². The minimum atomic E-state index is -0.538. The molecule has 0 unspecified atom stereocenters. The van der Waals surface area contributed by atoms with Crippen molar-refractivity contribution in [1.82, 2.24) is 5.32 Å². The molecule has 7 nitrogen and oxygen atoms in total. The zero-order chi connectivity index (χ0) is 16.4. The number of rotatable bonds is 3. The standard InChI is InChI=1S/C16H18N2O5/c1-9-14(17-5-6-22-9)15(19)18-11-3-4-12-10(7-11)8-13(23-12)16(20)21-2/h3-4,7-9,14,17H,5-6H2,1-2H3,(H,18,19)/t9-,14+/m1/s1. The minimum Gasteiger partial charge on any atom is -0.463 e. The van der Waals surface area contributed by atoms with E-state index in [1.54, 1.807) is 24.3 Å². The molecule has 1 aliphatic heterocycles. The van der Waals surface area contributed by atoms with Gasteiger partial charge < -0.3 is 24.5 Å². The van der Waals surface area contributed by atoms with Gasteiger partial charge in [-0.25, -0.2) is 4.79 Å². The molecule has 0 spiro atoms. The van der Waals surface area contributed by atoms with Crippen molar-refractivity contribution in [3.8, 4) is 0 Å². The second-order valence-electron chi connectivity index (χ2n) is 5.35. The highest BCUT2D eigenvalue weighted by Gasteiger charge is 2.28. The van der Waals surface area contributed by atoms with E-state index in [1.165, 1.54) is 7.11 Å². The van der Waals surface area contributed by atoms with E-state index in [2.05, 4.69) is 15.4 Å². The number of hydrogen-bond acceptors (Lipinski definition) is 6. The first-order chi connectivity index (χ1) is 11.1. The van der Waals surface area contributed by atoms with Crippen LogP contribution in [0.2, 0.25) is 0 Å². The second kappa shape index (κ2) is 6.39. The van der Waals surface area contributed by atoms with Crippen LogP contribution in [0.3, 0.4) is 0 Å². The van der Waals surface area contributed by atoms with Gasteiger partial charge in [-0.3, -0.25) is 4.79 Å². The van der Waals surface area contributed by atoms with Crippen molar-refractivity contribution in [2.75, 3.05) is 25.6 Å². The average Bonchev–Trinajstić information content (AvgIpc) is 2.97. The summed E-state index contributed by atoms with van der Waals surface area (Å²) in [6.45, 7) is 3.10. The number of morpholine rings is 1. The summed E-state index contributed by atoms with van der Waals surface area (Å²) in [5.41, 5.74) is 1.18. The largest absolute Gasteiger partial charge is 0.463 e. The van der Waals surface area contributed by atoms with Gasteiger partial charge in [0.2, 0.25) is 11.7 Å². The molecule has 3 rings (SSSR count). The van der Waals surface area contributed by atoms with Crippen LogP contribution in [0.5, 0.6) is 0 Å². The maximum absolute atomic E-state index is 12.3. The summed E-state index contributed by atoms with van der Waals surface area (Å²) >= 11 is 0. The van der Waals surface area contributed by atoms with Gasteiger partial charge in [-0.15, -0.1) is 0 Å².